The lowest BCUT2D eigenvalue weighted by atomic mass is 10.3. The van der Waals surface area contributed by atoms with Crippen molar-refractivity contribution in [1.82, 2.24) is 9.78 Å². The average molecular weight is 156 g/mol. The maximum atomic E-state index is 5.02. The van der Waals surface area contributed by atoms with E-state index >= 15 is 0 Å². The zero-order valence-electron chi connectivity index (χ0n) is 6.35. The van der Waals surface area contributed by atoms with Crippen molar-refractivity contribution in [2.45, 2.75) is 19.8 Å². The first-order valence-corrected chi connectivity index (χ1v) is 3.89. The summed E-state index contributed by atoms with van der Waals surface area (Å²) in [5.74, 6) is 0. The molecule has 3 heteroatoms. The van der Waals surface area contributed by atoms with Gasteiger partial charge in [0.1, 0.15) is 4.64 Å². The van der Waals surface area contributed by atoms with Crippen LogP contribution in [-0.2, 0) is 13.5 Å². The summed E-state index contributed by atoms with van der Waals surface area (Å²) < 4.78 is 2.74. The third-order valence-electron chi connectivity index (χ3n) is 1.46. The van der Waals surface area contributed by atoms with Crippen LogP contribution in [0.4, 0.5) is 0 Å². The number of aromatic amines is 1. The maximum absolute atomic E-state index is 5.02. The van der Waals surface area contributed by atoms with Crippen molar-refractivity contribution in [3.8, 4) is 0 Å². The summed E-state index contributed by atoms with van der Waals surface area (Å²) in [7, 11) is 1.93. The number of hydrogen-bond acceptors (Lipinski definition) is 1. The standard InChI is InChI=1S/C7H12N2S/c1-3-4-6-5-7(10)9(2)8-6/h5,8H,3-4H2,1-2H3. The van der Waals surface area contributed by atoms with Crippen molar-refractivity contribution >= 4 is 12.2 Å². The molecule has 10 heavy (non-hydrogen) atoms. The predicted molar refractivity (Wildman–Crippen MR) is 44.6 cm³/mol. The molecule has 0 aliphatic carbocycles. The van der Waals surface area contributed by atoms with E-state index in [1.165, 1.54) is 5.69 Å². The highest BCUT2D eigenvalue weighted by Crippen LogP contribution is 1.99. The highest BCUT2D eigenvalue weighted by molar-refractivity contribution is 7.71. The Bertz CT molecular complexity index is 259. The Hall–Kier alpha value is -0.570. The zero-order chi connectivity index (χ0) is 7.56. The van der Waals surface area contributed by atoms with E-state index in [2.05, 4.69) is 12.0 Å². The van der Waals surface area contributed by atoms with E-state index in [9.17, 15) is 0 Å². The second kappa shape index (κ2) is 3.01. The second-order valence-electron chi connectivity index (χ2n) is 2.43. The van der Waals surface area contributed by atoms with Crippen molar-refractivity contribution < 1.29 is 0 Å². The van der Waals surface area contributed by atoms with Crippen LogP contribution in [0.1, 0.15) is 19.0 Å². The van der Waals surface area contributed by atoms with Gasteiger partial charge in [0.05, 0.1) is 0 Å². The van der Waals surface area contributed by atoms with Gasteiger partial charge in [-0.05, 0) is 12.5 Å². The minimum Gasteiger partial charge on any atom is -0.302 e. The van der Waals surface area contributed by atoms with Gasteiger partial charge in [0, 0.05) is 12.7 Å². The first-order chi connectivity index (χ1) is 4.74. The lowest BCUT2D eigenvalue weighted by Crippen LogP contribution is -1.91. The number of aromatic nitrogens is 2. The zero-order valence-corrected chi connectivity index (χ0v) is 7.16. The fourth-order valence-corrected chi connectivity index (χ4v) is 1.13. The van der Waals surface area contributed by atoms with Crippen LogP contribution in [0.15, 0.2) is 6.07 Å². The number of nitrogens with zero attached hydrogens (tertiary/aromatic N) is 1. The van der Waals surface area contributed by atoms with Gasteiger partial charge in [0.15, 0.2) is 0 Å². The van der Waals surface area contributed by atoms with Crippen molar-refractivity contribution in [1.29, 1.82) is 0 Å². The first kappa shape index (κ1) is 7.54. The SMILES string of the molecule is CCCc1cc(=S)n(C)[nH]1. The molecule has 0 amide bonds. The van der Waals surface area contributed by atoms with Crippen LogP contribution < -0.4 is 0 Å². The molecule has 1 heterocycles. The summed E-state index contributed by atoms with van der Waals surface area (Å²) in [4.78, 5) is 0. The van der Waals surface area contributed by atoms with E-state index in [1.807, 2.05) is 17.8 Å². The molecule has 0 unspecified atom stereocenters. The van der Waals surface area contributed by atoms with Crippen LogP contribution in [-0.4, -0.2) is 9.78 Å². The van der Waals surface area contributed by atoms with Crippen molar-refractivity contribution in [3.05, 3.63) is 16.4 Å². The summed E-state index contributed by atoms with van der Waals surface area (Å²) in [6.07, 6.45) is 2.25. The molecule has 0 saturated heterocycles. The highest BCUT2D eigenvalue weighted by atomic mass is 32.1. The van der Waals surface area contributed by atoms with Gasteiger partial charge in [-0.1, -0.05) is 25.6 Å². The number of nitrogens with one attached hydrogen (secondary N) is 1. The van der Waals surface area contributed by atoms with E-state index < -0.39 is 0 Å². The first-order valence-electron chi connectivity index (χ1n) is 3.49. The number of H-pyrrole nitrogens is 1. The molecule has 56 valence electrons. The molecule has 1 N–H and O–H groups in total. The van der Waals surface area contributed by atoms with Crippen LogP contribution >= 0.6 is 12.2 Å². The second-order valence-corrected chi connectivity index (χ2v) is 2.85. The quantitative estimate of drug-likeness (QED) is 0.650. The normalized spacial score (nSPS) is 10.2. The smallest absolute Gasteiger partial charge is 0.121 e. The van der Waals surface area contributed by atoms with E-state index in [0.29, 0.717) is 0 Å². The average Bonchev–Trinajstić information content (AvgIpc) is 2.14. The fourth-order valence-electron chi connectivity index (χ4n) is 0.946. The van der Waals surface area contributed by atoms with Gasteiger partial charge < -0.3 is 5.10 Å². The van der Waals surface area contributed by atoms with Gasteiger partial charge in [-0.25, -0.2) is 0 Å². The van der Waals surface area contributed by atoms with E-state index in [0.717, 1.165) is 17.5 Å². The van der Waals surface area contributed by atoms with E-state index in [-0.39, 0.29) is 0 Å². The molecular formula is C7H12N2S. The van der Waals surface area contributed by atoms with Crippen LogP contribution in [0.2, 0.25) is 0 Å². The highest BCUT2D eigenvalue weighted by Gasteiger charge is 1.93. The maximum Gasteiger partial charge on any atom is 0.121 e. The Morgan fingerprint density at radius 2 is 2.40 bits per heavy atom. The molecule has 0 bridgehead atoms. The molecule has 0 atom stereocenters. The van der Waals surface area contributed by atoms with Crippen molar-refractivity contribution in [3.63, 3.8) is 0 Å². The minimum atomic E-state index is 0.878. The number of hydrogen-bond donors (Lipinski definition) is 1. The molecule has 1 aromatic rings. The lowest BCUT2D eigenvalue weighted by molar-refractivity contribution is 0.726. The molecule has 0 spiro atoms. The molecule has 0 radical (unpaired) electrons. The monoisotopic (exact) mass is 156 g/mol. The Kier molecular flexibility index (Phi) is 2.27. The van der Waals surface area contributed by atoms with Crippen LogP contribution in [0, 0.1) is 4.64 Å². The van der Waals surface area contributed by atoms with Crippen LogP contribution in [0.5, 0.6) is 0 Å². The molecule has 0 saturated carbocycles. The fraction of sp³-hybridized carbons (Fsp3) is 0.571. The van der Waals surface area contributed by atoms with Gasteiger partial charge in [-0.3, -0.25) is 4.68 Å². The molecule has 1 aromatic heterocycles. The van der Waals surface area contributed by atoms with E-state index in [1.54, 1.807) is 0 Å². The molecule has 0 aromatic carbocycles. The lowest BCUT2D eigenvalue weighted by Gasteiger charge is -1.91. The van der Waals surface area contributed by atoms with Gasteiger partial charge in [-0.15, -0.1) is 0 Å². The van der Waals surface area contributed by atoms with Crippen molar-refractivity contribution in [2.24, 2.45) is 7.05 Å². The predicted octanol–water partition coefficient (Wildman–Crippen LogP) is 2.04. The molecule has 2 nitrogen and oxygen atoms in total. The Morgan fingerprint density at radius 1 is 1.70 bits per heavy atom. The van der Waals surface area contributed by atoms with Gasteiger partial charge >= 0.3 is 0 Å². The Morgan fingerprint density at radius 3 is 2.80 bits per heavy atom. The largest absolute Gasteiger partial charge is 0.302 e. The third kappa shape index (κ3) is 1.48. The van der Waals surface area contributed by atoms with Crippen molar-refractivity contribution in [2.75, 3.05) is 0 Å². The molecule has 0 aliphatic heterocycles. The van der Waals surface area contributed by atoms with Gasteiger partial charge in [0.25, 0.3) is 0 Å². The molecule has 0 fully saturated rings. The summed E-state index contributed by atoms with van der Waals surface area (Å²) in [5, 5.41) is 3.16. The Labute approximate surface area is 65.9 Å². The van der Waals surface area contributed by atoms with Gasteiger partial charge in [-0.2, -0.15) is 0 Å². The molecular weight excluding hydrogens is 144 g/mol. The summed E-state index contributed by atoms with van der Waals surface area (Å²) >= 11 is 5.02. The third-order valence-corrected chi connectivity index (χ3v) is 1.85. The van der Waals surface area contributed by atoms with Crippen LogP contribution in [0.25, 0.3) is 0 Å². The topological polar surface area (TPSA) is 20.7 Å². The van der Waals surface area contributed by atoms with Gasteiger partial charge in [0.2, 0.25) is 0 Å². The summed E-state index contributed by atoms with van der Waals surface area (Å²) in [6, 6.07) is 2.01. The number of rotatable bonds is 2. The molecule has 1 rings (SSSR count). The minimum absolute atomic E-state index is 0.878. The Balaban J connectivity index is 2.88. The molecule has 0 aliphatic rings. The number of aryl methyl sites for hydroxylation is 2. The summed E-state index contributed by atoms with van der Waals surface area (Å²) in [6.45, 7) is 2.16. The summed E-state index contributed by atoms with van der Waals surface area (Å²) in [5.41, 5.74) is 1.23. The van der Waals surface area contributed by atoms with Crippen LogP contribution in [0.3, 0.4) is 0 Å². The van der Waals surface area contributed by atoms with E-state index in [4.69, 9.17) is 12.2 Å².